The summed E-state index contributed by atoms with van der Waals surface area (Å²) >= 11 is 0. The van der Waals surface area contributed by atoms with Gasteiger partial charge in [0.15, 0.2) is 0 Å². The highest BCUT2D eigenvalue weighted by atomic mass is 14.9. The van der Waals surface area contributed by atoms with Crippen molar-refractivity contribution in [3.63, 3.8) is 0 Å². The second-order valence-corrected chi connectivity index (χ2v) is 13.3. The normalized spacial score (nSPS) is 11.0. The third kappa shape index (κ3) is 6.63. The van der Waals surface area contributed by atoms with Gasteiger partial charge in [-0.2, -0.15) is 0 Å². The van der Waals surface area contributed by atoms with Crippen LogP contribution >= 0.6 is 0 Å². The summed E-state index contributed by atoms with van der Waals surface area (Å²) in [4.78, 5) is 0. The van der Waals surface area contributed by atoms with E-state index in [9.17, 15) is 0 Å². The number of pyridine rings is 1. The van der Waals surface area contributed by atoms with E-state index in [0.717, 1.165) is 11.3 Å². The summed E-state index contributed by atoms with van der Waals surface area (Å²) in [7, 11) is 4.14. The summed E-state index contributed by atoms with van der Waals surface area (Å²) in [5, 5.41) is 0. The molecule has 1 nitrogen and oxygen atoms in total. The Morgan fingerprint density at radius 1 is 0.314 bits per heavy atom. The van der Waals surface area contributed by atoms with Crippen LogP contribution in [-0.4, -0.2) is 0 Å². The molecule has 0 N–H and O–H groups in total. The molecule has 0 aliphatic heterocycles. The van der Waals surface area contributed by atoms with Crippen LogP contribution < -0.4 is 4.57 Å². The topological polar surface area (TPSA) is 3.88 Å². The minimum Gasteiger partial charge on any atom is -0.333 e. The van der Waals surface area contributed by atoms with Crippen LogP contribution in [0.1, 0.15) is 11.1 Å². The van der Waals surface area contributed by atoms with Gasteiger partial charge in [0.2, 0.25) is 0 Å². The Bertz CT molecular complexity index is 2480. The van der Waals surface area contributed by atoms with E-state index in [-0.39, 0.29) is 0 Å². The molecule has 0 unspecified atom stereocenters. The minimum absolute atomic E-state index is 1.09. The molecule has 8 rings (SSSR count). The highest BCUT2D eigenvalue weighted by Crippen LogP contribution is 2.35. The molecule has 0 saturated heterocycles. The van der Waals surface area contributed by atoms with E-state index in [0.29, 0.717) is 0 Å². The predicted octanol–water partition coefficient (Wildman–Crippen LogP) is 12.9. The first-order valence-electron chi connectivity index (χ1n) is 17.5. The smallest absolute Gasteiger partial charge is 0.112 e. The fraction of sp³-hybridized carbons (Fsp3) is 0.0400. The Kier molecular flexibility index (Phi) is 8.62. The van der Waals surface area contributed by atoms with E-state index in [1.54, 1.807) is 0 Å². The molecule has 1 heterocycles. The number of hydrogen-bond donors (Lipinski definition) is 0. The molecule has 51 heavy (non-hydrogen) atoms. The Morgan fingerprint density at radius 3 is 1.08 bits per heavy atom. The first kappa shape index (κ1) is 31.8. The molecule has 244 valence electrons. The second-order valence-electron chi connectivity index (χ2n) is 13.3. The summed E-state index contributed by atoms with van der Waals surface area (Å²) in [5.41, 5.74) is 19.5. The molecule has 1 heteroatoms. The standard InChI is InChI=1S/C50H39N/c1-35-12-6-13-36(2)50(35)48-23-11-21-46(34-48)45-20-9-19-44(32-45)43-18-8-17-42(31-43)41-16-7-14-39(30-41)37-25-27-38(28-26-37)40-15-10-22-47(33-40)49-24-4-5-29-51(49)3/h4-34H,3H2,1-2H3. The van der Waals surface area contributed by atoms with Crippen LogP contribution in [0, 0.1) is 20.9 Å². The van der Waals surface area contributed by atoms with E-state index < -0.39 is 0 Å². The number of hydrogen-bond acceptors (Lipinski definition) is 0. The molecular formula is C50H39N. The van der Waals surface area contributed by atoms with E-state index in [2.05, 4.69) is 197 Å². The maximum Gasteiger partial charge on any atom is 0.112 e. The maximum atomic E-state index is 4.14. The summed E-state index contributed by atoms with van der Waals surface area (Å²) < 4.78 is 1.91. The zero-order valence-electron chi connectivity index (χ0n) is 29.1. The van der Waals surface area contributed by atoms with Crippen molar-refractivity contribution in [2.45, 2.75) is 13.8 Å². The van der Waals surface area contributed by atoms with Gasteiger partial charge in [-0.1, -0.05) is 152 Å². The van der Waals surface area contributed by atoms with Gasteiger partial charge in [0.25, 0.3) is 0 Å². The molecule has 8 aromatic rings. The fourth-order valence-corrected chi connectivity index (χ4v) is 7.21. The molecule has 0 spiro atoms. The van der Waals surface area contributed by atoms with Crippen molar-refractivity contribution in [2.75, 3.05) is 0 Å². The van der Waals surface area contributed by atoms with Gasteiger partial charge < -0.3 is 4.57 Å². The summed E-state index contributed by atoms with van der Waals surface area (Å²) in [5.74, 6) is 0. The van der Waals surface area contributed by atoms with Crippen molar-refractivity contribution in [3.05, 3.63) is 206 Å². The van der Waals surface area contributed by atoms with Crippen molar-refractivity contribution in [2.24, 2.45) is 0 Å². The van der Waals surface area contributed by atoms with Gasteiger partial charge in [-0.05, 0) is 128 Å². The molecule has 1 aromatic heterocycles. The van der Waals surface area contributed by atoms with Crippen LogP contribution in [0.2, 0.25) is 0 Å². The van der Waals surface area contributed by atoms with Gasteiger partial charge in [0.1, 0.15) is 5.69 Å². The average molecular weight is 654 g/mol. The Balaban J connectivity index is 1.05. The highest BCUT2D eigenvalue weighted by molar-refractivity contribution is 5.82. The van der Waals surface area contributed by atoms with Crippen molar-refractivity contribution in [1.82, 2.24) is 0 Å². The van der Waals surface area contributed by atoms with Gasteiger partial charge in [-0.3, -0.25) is 0 Å². The zero-order valence-corrected chi connectivity index (χ0v) is 29.1. The molecule has 0 aliphatic rings. The largest absolute Gasteiger partial charge is 0.333 e. The van der Waals surface area contributed by atoms with E-state index in [4.69, 9.17) is 0 Å². The van der Waals surface area contributed by atoms with Gasteiger partial charge in [0, 0.05) is 7.05 Å². The predicted molar refractivity (Wildman–Crippen MR) is 215 cm³/mol. The van der Waals surface area contributed by atoms with Crippen molar-refractivity contribution in [3.8, 4) is 78.0 Å². The number of rotatable bonds is 7. The SMILES string of the molecule is [CH2-][n+]1ccccc1-c1cccc(-c2ccc(-c3cccc(-c4cccc(-c5cccc(-c6cccc(-c7c(C)cccc7C)c6)c5)c4)c3)cc2)c1. The Hall–Kier alpha value is -6.44. The van der Waals surface area contributed by atoms with E-state index in [1.165, 1.54) is 77.9 Å². The average Bonchev–Trinajstić information content (AvgIpc) is 3.18. The van der Waals surface area contributed by atoms with Crippen molar-refractivity contribution in [1.29, 1.82) is 0 Å². The number of aryl methyl sites for hydroxylation is 2. The minimum atomic E-state index is 1.09. The van der Waals surface area contributed by atoms with Gasteiger partial charge >= 0.3 is 0 Å². The Labute approximate surface area is 301 Å². The van der Waals surface area contributed by atoms with Crippen LogP contribution in [0.15, 0.2) is 188 Å². The lowest BCUT2D eigenvalue weighted by Gasteiger charge is -2.13. The zero-order chi connectivity index (χ0) is 34.7. The molecule has 0 atom stereocenters. The van der Waals surface area contributed by atoms with Gasteiger partial charge in [0.05, 0.1) is 6.20 Å². The summed E-state index contributed by atoms with van der Waals surface area (Å²) in [6.07, 6.45) is 1.98. The van der Waals surface area contributed by atoms with Crippen LogP contribution in [0.25, 0.3) is 78.0 Å². The lowest BCUT2D eigenvalue weighted by Crippen LogP contribution is -2.27. The van der Waals surface area contributed by atoms with E-state index in [1.807, 2.05) is 16.8 Å². The molecule has 0 bridgehead atoms. The molecule has 7 aromatic carbocycles. The summed E-state index contributed by atoms with van der Waals surface area (Å²) in [6.45, 7) is 4.39. The number of benzene rings is 7. The summed E-state index contributed by atoms with van der Waals surface area (Å²) in [6, 6.07) is 65.8. The van der Waals surface area contributed by atoms with Gasteiger partial charge in [-0.15, -0.1) is 0 Å². The van der Waals surface area contributed by atoms with Gasteiger partial charge in [-0.25, -0.2) is 0 Å². The van der Waals surface area contributed by atoms with Crippen molar-refractivity contribution < 1.29 is 4.57 Å². The lowest BCUT2D eigenvalue weighted by atomic mass is 9.92. The molecular weight excluding hydrogens is 615 g/mol. The molecule has 0 aliphatic carbocycles. The molecule has 0 radical (unpaired) electrons. The molecule has 0 fully saturated rings. The van der Waals surface area contributed by atoms with E-state index >= 15 is 0 Å². The molecule has 0 amide bonds. The number of aromatic nitrogens is 1. The second kappa shape index (κ2) is 13.8. The monoisotopic (exact) mass is 653 g/mol. The quantitative estimate of drug-likeness (QED) is 0.119. The lowest BCUT2D eigenvalue weighted by molar-refractivity contribution is -0.600. The van der Waals surface area contributed by atoms with Crippen LogP contribution in [-0.2, 0) is 0 Å². The Morgan fingerprint density at radius 2 is 0.647 bits per heavy atom. The maximum absolute atomic E-state index is 4.14. The third-order valence-corrected chi connectivity index (χ3v) is 9.87. The third-order valence-electron chi connectivity index (χ3n) is 9.87. The first-order valence-corrected chi connectivity index (χ1v) is 17.5. The molecule has 0 saturated carbocycles. The van der Waals surface area contributed by atoms with Crippen LogP contribution in [0.3, 0.4) is 0 Å². The first-order chi connectivity index (χ1) is 25.0. The van der Waals surface area contributed by atoms with Crippen molar-refractivity contribution >= 4 is 0 Å². The number of nitrogens with zero attached hydrogens (tertiary/aromatic N) is 1. The van der Waals surface area contributed by atoms with Crippen LogP contribution in [0.5, 0.6) is 0 Å². The fourth-order valence-electron chi connectivity index (χ4n) is 7.21. The van der Waals surface area contributed by atoms with Crippen LogP contribution in [0.4, 0.5) is 0 Å². The highest BCUT2D eigenvalue weighted by Gasteiger charge is 2.10.